The van der Waals surface area contributed by atoms with Crippen molar-refractivity contribution in [2.45, 2.75) is 13.1 Å². The lowest BCUT2D eigenvalue weighted by atomic mass is 10.2. The third-order valence-electron chi connectivity index (χ3n) is 3.00. The number of anilines is 2. The standard InChI is InChI=1S/C13H15N5O3/c19-4-3-18-7-10(16-17-18)6-14-9-1-2-12-11(5-9)15-13(20)8-21-12/h1-2,5,7,14,19H,3-4,6,8H2,(H,15,20). The fraction of sp³-hybridized carbons (Fsp3) is 0.308. The molecule has 1 aliphatic rings. The molecule has 1 aromatic heterocycles. The summed E-state index contributed by atoms with van der Waals surface area (Å²) in [5.74, 6) is 0.501. The van der Waals surface area contributed by atoms with Gasteiger partial charge in [-0.15, -0.1) is 5.10 Å². The van der Waals surface area contributed by atoms with Crippen molar-refractivity contribution in [2.24, 2.45) is 0 Å². The second-order valence-electron chi connectivity index (χ2n) is 4.60. The summed E-state index contributed by atoms with van der Waals surface area (Å²) < 4.78 is 6.88. The quantitative estimate of drug-likeness (QED) is 0.727. The molecule has 3 N–H and O–H groups in total. The molecule has 0 spiro atoms. The molecule has 0 fully saturated rings. The summed E-state index contributed by atoms with van der Waals surface area (Å²) in [6.45, 7) is 1.00. The lowest BCUT2D eigenvalue weighted by Crippen LogP contribution is -2.25. The van der Waals surface area contributed by atoms with E-state index in [0.717, 1.165) is 11.4 Å². The summed E-state index contributed by atoms with van der Waals surface area (Å²) in [7, 11) is 0. The third kappa shape index (κ3) is 3.11. The first-order chi connectivity index (χ1) is 10.2. The molecule has 21 heavy (non-hydrogen) atoms. The zero-order valence-electron chi connectivity index (χ0n) is 11.2. The first-order valence-corrected chi connectivity index (χ1v) is 6.55. The number of amides is 1. The van der Waals surface area contributed by atoms with Crippen LogP contribution in [0.2, 0.25) is 0 Å². The van der Waals surface area contributed by atoms with Crippen LogP contribution in [0, 0.1) is 0 Å². The minimum absolute atomic E-state index is 0.0285. The molecule has 1 aliphatic heterocycles. The maximum absolute atomic E-state index is 11.3. The van der Waals surface area contributed by atoms with E-state index in [1.165, 1.54) is 0 Å². The Labute approximate surface area is 120 Å². The van der Waals surface area contributed by atoms with Crippen molar-refractivity contribution in [2.75, 3.05) is 23.8 Å². The Balaban J connectivity index is 1.65. The Hall–Kier alpha value is -2.61. The van der Waals surface area contributed by atoms with Gasteiger partial charge in [-0.25, -0.2) is 4.68 Å². The highest BCUT2D eigenvalue weighted by atomic mass is 16.5. The summed E-state index contributed by atoms with van der Waals surface area (Å²) in [4.78, 5) is 11.3. The third-order valence-corrected chi connectivity index (χ3v) is 3.00. The number of aliphatic hydroxyl groups is 1. The topological polar surface area (TPSA) is 101 Å². The van der Waals surface area contributed by atoms with Gasteiger partial charge in [0.2, 0.25) is 0 Å². The van der Waals surface area contributed by atoms with Gasteiger partial charge in [0.1, 0.15) is 11.4 Å². The van der Waals surface area contributed by atoms with Gasteiger partial charge in [-0.1, -0.05) is 5.21 Å². The van der Waals surface area contributed by atoms with E-state index in [4.69, 9.17) is 9.84 Å². The van der Waals surface area contributed by atoms with Crippen LogP contribution in [-0.2, 0) is 17.9 Å². The number of hydrogen-bond acceptors (Lipinski definition) is 6. The summed E-state index contributed by atoms with van der Waals surface area (Å²) >= 11 is 0. The molecule has 0 unspecified atom stereocenters. The summed E-state index contributed by atoms with van der Waals surface area (Å²) in [6.07, 6.45) is 1.77. The molecular weight excluding hydrogens is 274 g/mol. The Bertz CT molecular complexity index is 655. The van der Waals surface area contributed by atoms with Crippen molar-refractivity contribution in [3.63, 3.8) is 0 Å². The number of nitrogens with zero attached hydrogens (tertiary/aromatic N) is 3. The van der Waals surface area contributed by atoms with E-state index >= 15 is 0 Å². The SMILES string of the molecule is O=C1COc2ccc(NCc3cn(CCO)nn3)cc2N1. The highest BCUT2D eigenvalue weighted by Crippen LogP contribution is 2.30. The van der Waals surface area contributed by atoms with Gasteiger partial charge in [-0.3, -0.25) is 4.79 Å². The average molecular weight is 289 g/mol. The van der Waals surface area contributed by atoms with E-state index in [1.54, 1.807) is 16.9 Å². The fourth-order valence-corrected chi connectivity index (χ4v) is 2.02. The van der Waals surface area contributed by atoms with Gasteiger partial charge in [0, 0.05) is 5.69 Å². The number of ether oxygens (including phenoxy) is 1. The molecule has 0 aliphatic carbocycles. The molecule has 0 saturated carbocycles. The molecule has 1 aromatic carbocycles. The monoisotopic (exact) mass is 289 g/mol. The van der Waals surface area contributed by atoms with Crippen LogP contribution in [0.4, 0.5) is 11.4 Å². The summed E-state index contributed by atoms with van der Waals surface area (Å²) in [5, 5.41) is 22.7. The van der Waals surface area contributed by atoms with Crippen molar-refractivity contribution in [3.8, 4) is 5.75 Å². The zero-order valence-corrected chi connectivity index (χ0v) is 11.2. The van der Waals surface area contributed by atoms with Crippen molar-refractivity contribution < 1.29 is 14.6 Å². The highest BCUT2D eigenvalue weighted by molar-refractivity contribution is 5.95. The number of benzene rings is 1. The zero-order chi connectivity index (χ0) is 14.7. The van der Waals surface area contributed by atoms with Gasteiger partial charge in [-0.05, 0) is 18.2 Å². The van der Waals surface area contributed by atoms with E-state index in [0.29, 0.717) is 24.5 Å². The molecule has 2 aromatic rings. The molecule has 8 heteroatoms. The number of aliphatic hydroxyl groups excluding tert-OH is 1. The first-order valence-electron chi connectivity index (χ1n) is 6.55. The largest absolute Gasteiger partial charge is 0.482 e. The van der Waals surface area contributed by atoms with E-state index in [2.05, 4.69) is 20.9 Å². The van der Waals surface area contributed by atoms with Crippen LogP contribution in [0.25, 0.3) is 0 Å². The van der Waals surface area contributed by atoms with Crippen LogP contribution in [-0.4, -0.2) is 39.2 Å². The molecule has 0 radical (unpaired) electrons. The van der Waals surface area contributed by atoms with Crippen molar-refractivity contribution in [3.05, 3.63) is 30.1 Å². The molecule has 0 atom stereocenters. The van der Waals surface area contributed by atoms with E-state index in [9.17, 15) is 4.79 Å². The molecule has 8 nitrogen and oxygen atoms in total. The normalized spacial score (nSPS) is 13.3. The maximum Gasteiger partial charge on any atom is 0.262 e. The smallest absolute Gasteiger partial charge is 0.262 e. The van der Waals surface area contributed by atoms with Gasteiger partial charge >= 0.3 is 0 Å². The molecule has 1 amide bonds. The van der Waals surface area contributed by atoms with Crippen molar-refractivity contribution >= 4 is 17.3 Å². The summed E-state index contributed by atoms with van der Waals surface area (Å²) in [6, 6.07) is 5.48. The number of fused-ring (bicyclic) bond motifs is 1. The van der Waals surface area contributed by atoms with Gasteiger partial charge in [0.05, 0.1) is 31.6 Å². The second-order valence-corrected chi connectivity index (χ2v) is 4.60. The minimum atomic E-state index is -0.161. The number of rotatable bonds is 5. The van der Waals surface area contributed by atoms with Crippen molar-refractivity contribution in [1.82, 2.24) is 15.0 Å². The fourth-order valence-electron chi connectivity index (χ4n) is 2.02. The van der Waals surface area contributed by atoms with Gasteiger partial charge in [0.15, 0.2) is 6.61 Å². The minimum Gasteiger partial charge on any atom is -0.482 e. The van der Waals surface area contributed by atoms with Gasteiger partial charge < -0.3 is 20.5 Å². The number of nitrogens with one attached hydrogen (secondary N) is 2. The number of hydrogen-bond donors (Lipinski definition) is 3. The Morgan fingerprint density at radius 3 is 3.24 bits per heavy atom. The highest BCUT2D eigenvalue weighted by Gasteiger charge is 2.15. The predicted molar refractivity (Wildman–Crippen MR) is 75.0 cm³/mol. The lowest BCUT2D eigenvalue weighted by molar-refractivity contribution is -0.118. The molecule has 0 bridgehead atoms. The number of carbonyl (C=O) groups excluding carboxylic acids is 1. The van der Waals surface area contributed by atoms with Crippen LogP contribution in [0.1, 0.15) is 5.69 Å². The maximum atomic E-state index is 11.3. The molecule has 2 heterocycles. The van der Waals surface area contributed by atoms with Crippen LogP contribution in [0.5, 0.6) is 5.75 Å². The number of aromatic nitrogens is 3. The van der Waals surface area contributed by atoms with E-state index in [-0.39, 0.29) is 19.1 Å². The van der Waals surface area contributed by atoms with E-state index in [1.807, 2.05) is 12.1 Å². The Morgan fingerprint density at radius 2 is 2.38 bits per heavy atom. The van der Waals surface area contributed by atoms with E-state index < -0.39 is 0 Å². The average Bonchev–Trinajstić information content (AvgIpc) is 2.93. The number of carbonyl (C=O) groups is 1. The molecule has 3 rings (SSSR count). The van der Waals surface area contributed by atoms with Gasteiger partial charge in [-0.2, -0.15) is 0 Å². The molecule has 0 saturated heterocycles. The predicted octanol–water partition coefficient (Wildman–Crippen LogP) is 0.213. The Kier molecular flexibility index (Phi) is 3.69. The van der Waals surface area contributed by atoms with Crippen LogP contribution in [0.15, 0.2) is 24.4 Å². The second kappa shape index (κ2) is 5.80. The molecular formula is C13H15N5O3. The van der Waals surface area contributed by atoms with Crippen LogP contribution in [0.3, 0.4) is 0 Å². The van der Waals surface area contributed by atoms with Crippen LogP contribution >= 0.6 is 0 Å². The molecule has 110 valence electrons. The summed E-state index contributed by atoms with van der Waals surface area (Å²) in [5.41, 5.74) is 2.26. The Morgan fingerprint density at radius 1 is 1.48 bits per heavy atom. The van der Waals surface area contributed by atoms with Crippen molar-refractivity contribution in [1.29, 1.82) is 0 Å². The lowest BCUT2D eigenvalue weighted by Gasteiger charge is -2.18. The first kappa shape index (κ1) is 13.4. The van der Waals surface area contributed by atoms with Crippen LogP contribution < -0.4 is 15.4 Å². The van der Waals surface area contributed by atoms with Gasteiger partial charge in [0.25, 0.3) is 5.91 Å².